The highest BCUT2D eigenvalue weighted by Gasteiger charge is 2.48. The van der Waals surface area contributed by atoms with E-state index in [1.807, 2.05) is 26.7 Å². The van der Waals surface area contributed by atoms with Crippen LogP contribution in [0, 0.1) is 0 Å². The van der Waals surface area contributed by atoms with Crippen molar-refractivity contribution in [3.05, 3.63) is 24.3 Å². The van der Waals surface area contributed by atoms with Crippen molar-refractivity contribution >= 4 is 71.6 Å². The van der Waals surface area contributed by atoms with Crippen molar-refractivity contribution in [3.8, 4) is 0 Å². The third-order valence-electron chi connectivity index (χ3n) is 4.56. The van der Waals surface area contributed by atoms with Gasteiger partial charge in [0.2, 0.25) is 0 Å². The first-order valence-corrected chi connectivity index (χ1v) is 15.9. The molecule has 1 aliphatic carbocycles. The van der Waals surface area contributed by atoms with E-state index in [4.69, 9.17) is 13.3 Å². The lowest BCUT2D eigenvalue weighted by atomic mass is 9.99. The van der Waals surface area contributed by atoms with Crippen LogP contribution in [0.1, 0.15) is 25.7 Å². The van der Waals surface area contributed by atoms with Crippen LogP contribution in [0.15, 0.2) is 28.6 Å². The molecule has 0 saturated heterocycles. The van der Waals surface area contributed by atoms with Gasteiger partial charge in [0, 0.05) is 32.1 Å². The summed E-state index contributed by atoms with van der Waals surface area (Å²) in [5.41, 5.74) is 1.49. The van der Waals surface area contributed by atoms with Crippen molar-refractivity contribution < 1.29 is 13.3 Å². The average Bonchev–Trinajstić information content (AvgIpc) is 3.10. The Kier molecular flexibility index (Phi) is 8.53. The SMILES string of the molecule is CO[Si](OC)(OC)C1CCCC(SSSSc2nc3ccccc3s2)C1. The fourth-order valence-corrected chi connectivity index (χ4v) is 14.2. The highest BCUT2D eigenvalue weighted by atomic mass is 33.7. The molecule has 2 atom stereocenters. The lowest BCUT2D eigenvalue weighted by Crippen LogP contribution is -2.49. The van der Waals surface area contributed by atoms with Gasteiger partial charge in [-0.25, -0.2) is 4.98 Å². The first-order valence-electron chi connectivity index (χ1n) is 8.38. The predicted molar refractivity (Wildman–Crippen MR) is 121 cm³/mol. The number of aromatic nitrogens is 1. The Balaban J connectivity index is 1.45. The van der Waals surface area contributed by atoms with Crippen LogP contribution in [-0.4, -0.2) is 40.4 Å². The van der Waals surface area contributed by atoms with Crippen molar-refractivity contribution in [3.63, 3.8) is 0 Å². The summed E-state index contributed by atoms with van der Waals surface area (Å²) in [5.74, 6) is 0. The lowest BCUT2D eigenvalue weighted by Gasteiger charge is -2.37. The van der Waals surface area contributed by atoms with Gasteiger partial charge in [-0.05, 0) is 61.8 Å². The third-order valence-corrected chi connectivity index (χ3v) is 15.8. The van der Waals surface area contributed by atoms with Crippen molar-refractivity contribution in [2.45, 2.75) is 40.8 Å². The quantitative estimate of drug-likeness (QED) is 0.235. The molecular formula is C16H23NO3S5Si. The van der Waals surface area contributed by atoms with Crippen molar-refractivity contribution in [1.82, 2.24) is 4.98 Å². The van der Waals surface area contributed by atoms with E-state index in [-0.39, 0.29) is 0 Å². The molecule has 144 valence electrons. The topological polar surface area (TPSA) is 40.6 Å². The van der Waals surface area contributed by atoms with E-state index in [2.05, 4.69) is 23.2 Å². The summed E-state index contributed by atoms with van der Waals surface area (Å²) in [7, 11) is 10.0. The number of rotatable bonds is 9. The molecule has 1 aromatic heterocycles. The minimum absolute atomic E-state index is 0.399. The standard InChI is InChI=1S/C16H23NO3S5Si/c1-18-26(19-2,20-3)13-8-6-7-12(11-13)22-24-25-23-16-17-14-9-4-5-10-15(14)21-16/h4-5,9-10,12-13H,6-8,11H2,1-3H3. The summed E-state index contributed by atoms with van der Waals surface area (Å²) in [6.45, 7) is 0. The Hall–Kier alpha value is 0.607. The predicted octanol–water partition coefficient (Wildman–Crippen LogP) is 6.52. The van der Waals surface area contributed by atoms with Gasteiger partial charge in [0.1, 0.15) is 0 Å². The van der Waals surface area contributed by atoms with E-state index >= 15 is 0 Å². The number of thiazole rings is 1. The zero-order valence-electron chi connectivity index (χ0n) is 15.0. The van der Waals surface area contributed by atoms with Gasteiger partial charge in [-0.2, -0.15) is 0 Å². The molecule has 0 spiro atoms. The van der Waals surface area contributed by atoms with E-state index in [1.165, 1.54) is 17.5 Å². The second kappa shape index (κ2) is 10.4. The molecule has 0 aliphatic heterocycles. The van der Waals surface area contributed by atoms with Crippen LogP contribution in [0.2, 0.25) is 5.54 Å². The van der Waals surface area contributed by atoms with Crippen LogP contribution in [0.25, 0.3) is 10.2 Å². The summed E-state index contributed by atoms with van der Waals surface area (Å²) >= 11 is 1.76. The third kappa shape index (κ3) is 5.15. The Morgan fingerprint density at radius 1 is 1.08 bits per heavy atom. The van der Waals surface area contributed by atoms with Gasteiger partial charge in [-0.15, -0.1) is 11.3 Å². The van der Waals surface area contributed by atoms with Crippen LogP contribution in [-0.2, 0) is 13.3 Å². The maximum Gasteiger partial charge on any atom is 0.503 e. The average molecular weight is 466 g/mol. The zero-order valence-corrected chi connectivity index (χ0v) is 20.1. The minimum atomic E-state index is -2.52. The first kappa shape index (κ1) is 21.3. The molecular weight excluding hydrogens is 443 g/mol. The summed E-state index contributed by atoms with van der Waals surface area (Å²) in [4.78, 5) is 4.67. The number of benzene rings is 1. The van der Waals surface area contributed by atoms with Crippen molar-refractivity contribution in [1.29, 1.82) is 0 Å². The number of para-hydroxylation sites is 1. The van der Waals surface area contributed by atoms with E-state index in [9.17, 15) is 0 Å². The molecule has 1 saturated carbocycles. The zero-order chi connectivity index (χ0) is 18.4. The molecule has 2 aromatic rings. The molecule has 26 heavy (non-hydrogen) atoms. The van der Waals surface area contributed by atoms with E-state index in [0.717, 1.165) is 22.7 Å². The van der Waals surface area contributed by atoms with Gasteiger partial charge < -0.3 is 13.3 Å². The molecule has 1 fully saturated rings. The number of hydrogen-bond donors (Lipinski definition) is 0. The minimum Gasteiger partial charge on any atom is -0.377 e. The molecule has 1 heterocycles. The summed E-state index contributed by atoms with van der Waals surface area (Å²) < 4.78 is 19.5. The van der Waals surface area contributed by atoms with Gasteiger partial charge in [0.05, 0.1) is 10.2 Å². The Bertz CT molecular complexity index is 658. The molecule has 0 N–H and O–H groups in total. The molecule has 0 bridgehead atoms. The van der Waals surface area contributed by atoms with Crippen molar-refractivity contribution in [2.24, 2.45) is 0 Å². The van der Waals surface area contributed by atoms with Gasteiger partial charge in [-0.1, -0.05) is 29.3 Å². The lowest BCUT2D eigenvalue weighted by molar-refractivity contribution is 0.105. The number of hydrogen-bond acceptors (Lipinski definition) is 9. The monoisotopic (exact) mass is 465 g/mol. The van der Waals surface area contributed by atoms with Crippen LogP contribution in [0.5, 0.6) is 0 Å². The van der Waals surface area contributed by atoms with Crippen LogP contribution < -0.4 is 0 Å². The highest BCUT2D eigenvalue weighted by Crippen LogP contribution is 2.53. The van der Waals surface area contributed by atoms with E-state index < -0.39 is 8.80 Å². The maximum atomic E-state index is 5.70. The molecule has 1 aromatic carbocycles. The molecule has 0 radical (unpaired) electrons. The van der Waals surface area contributed by atoms with Crippen LogP contribution >= 0.6 is 52.6 Å². The maximum absolute atomic E-state index is 5.70. The largest absolute Gasteiger partial charge is 0.503 e. The molecule has 10 heteroatoms. The fourth-order valence-electron chi connectivity index (χ4n) is 3.30. The summed E-state index contributed by atoms with van der Waals surface area (Å²) in [6, 6.07) is 8.30. The van der Waals surface area contributed by atoms with Crippen molar-refractivity contribution in [2.75, 3.05) is 21.3 Å². The normalized spacial score (nSPS) is 21.3. The van der Waals surface area contributed by atoms with Gasteiger partial charge in [0.25, 0.3) is 0 Å². The molecule has 1 aliphatic rings. The van der Waals surface area contributed by atoms with E-state index in [0.29, 0.717) is 10.8 Å². The van der Waals surface area contributed by atoms with Crippen LogP contribution in [0.3, 0.4) is 0 Å². The second-order valence-corrected chi connectivity index (χ2v) is 16.5. The smallest absolute Gasteiger partial charge is 0.377 e. The Morgan fingerprint density at radius 2 is 1.85 bits per heavy atom. The second-order valence-electron chi connectivity index (χ2n) is 5.96. The summed E-state index contributed by atoms with van der Waals surface area (Å²) in [6.07, 6.45) is 4.70. The molecule has 4 nitrogen and oxygen atoms in total. The van der Waals surface area contributed by atoms with Gasteiger partial charge >= 0.3 is 8.80 Å². The highest BCUT2D eigenvalue weighted by molar-refractivity contribution is 9.26. The first-order chi connectivity index (χ1) is 12.7. The number of fused-ring (bicyclic) bond motifs is 1. The molecule has 0 amide bonds. The molecule has 3 rings (SSSR count). The van der Waals surface area contributed by atoms with E-state index in [1.54, 1.807) is 53.3 Å². The van der Waals surface area contributed by atoms with Gasteiger partial charge in [0.15, 0.2) is 4.34 Å². The van der Waals surface area contributed by atoms with Crippen LogP contribution in [0.4, 0.5) is 0 Å². The molecule has 2 unspecified atom stereocenters. The summed E-state index contributed by atoms with van der Waals surface area (Å²) in [5, 5.41) is 0.620. The van der Waals surface area contributed by atoms with Gasteiger partial charge in [-0.3, -0.25) is 0 Å². The number of nitrogens with zero attached hydrogens (tertiary/aromatic N) is 1. The Morgan fingerprint density at radius 3 is 2.58 bits per heavy atom. The Labute approximate surface area is 175 Å². The fraction of sp³-hybridized carbons (Fsp3) is 0.562.